The Bertz CT molecular complexity index is 922. The standard InChI is InChI=1S/C19H23ClN2O3S/c1-12-8-13(2)10-16(9-12)21-19(23)15(4)22(26(5,24)25)17-7-6-14(3)18(20)11-17/h6-11,15H,1-5H3,(H,21,23)/t15-/m0/s1. The zero-order valence-electron chi connectivity index (χ0n) is 15.5. The van der Waals surface area contributed by atoms with Gasteiger partial charge in [-0.3, -0.25) is 9.10 Å². The number of halogens is 1. The van der Waals surface area contributed by atoms with Crippen LogP contribution in [0, 0.1) is 20.8 Å². The topological polar surface area (TPSA) is 66.5 Å². The van der Waals surface area contributed by atoms with E-state index in [4.69, 9.17) is 11.6 Å². The highest BCUT2D eigenvalue weighted by molar-refractivity contribution is 7.92. The number of nitrogens with one attached hydrogen (secondary N) is 1. The molecule has 0 unspecified atom stereocenters. The van der Waals surface area contributed by atoms with E-state index in [2.05, 4.69) is 5.32 Å². The molecule has 0 aliphatic carbocycles. The van der Waals surface area contributed by atoms with Crippen LogP contribution in [0.3, 0.4) is 0 Å². The van der Waals surface area contributed by atoms with Gasteiger partial charge in [-0.05, 0) is 68.7 Å². The van der Waals surface area contributed by atoms with Crippen molar-refractivity contribution in [3.8, 4) is 0 Å². The van der Waals surface area contributed by atoms with Gasteiger partial charge in [-0.25, -0.2) is 8.42 Å². The molecule has 0 spiro atoms. The minimum absolute atomic E-state index is 0.353. The molecular weight excluding hydrogens is 372 g/mol. The smallest absolute Gasteiger partial charge is 0.247 e. The molecule has 140 valence electrons. The van der Waals surface area contributed by atoms with E-state index in [1.807, 2.05) is 39.0 Å². The number of anilines is 2. The lowest BCUT2D eigenvalue weighted by molar-refractivity contribution is -0.116. The Kier molecular flexibility index (Phi) is 5.98. The molecule has 0 aliphatic rings. The summed E-state index contributed by atoms with van der Waals surface area (Å²) in [6.07, 6.45) is 1.07. The van der Waals surface area contributed by atoms with Crippen LogP contribution in [0.5, 0.6) is 0 Å². The second-order valence-corrected chi connectivity index (χ2v) is 8.80. The van der Waals surface area contributed by atoms with Crippen LogP contribution < -0.4 is 9.62 Å². The molecule has 1 N–H and O–H groups in total. The molecule has 0 aliphatic heterocycles. The summed E-state index contributed by atoms with van der Waals surface area (Å²) in [4.78, 5) is 12.7. The van der Waals surface area contributed by atoms with E-state index >= 15 is 0 Å². The van der Waals surface area contributed by atoms with Gasteiger partial charge < -0.3 is 5.32 Å². The summed E-state index contributed by atoms with van der Waals surface area (Å²) in [6, 6.07) is 9.66. The average molecular weight is 395 g/mol. The number of rotatable bonds is 5. The number of hydrogen-bond acceptors (Lipinski definition) is 3. The van der Waals surface area contributed by atoms with E-state index in [9.17, 15) is 13.2 Å². The minimum atomic E-state index is -3.69. The largest absolute Gasteiger partial charge is 0.324 e. The molecule has 0 bridgehead atoms. The Hall–Kier alpha value is -2.05. The van der Waals surface area contributed by atoms with Gasteiger partial charge in [0.15, 0.2) is 0 Å². The Morgan fingerprint density at radius 2 is 1.65 bits per heavy atom. The van der Waals surface area contributed by atoms with Crippen molar-refractivity contribution < 1.29 is 13.2 Å². The molecule has 0 saturated heterocycles. The molecular formula is C19H23ClN2O3S. The van der Waals surface area contributed by atoms with Crippen LogP contribution in [0.15, 0.2) is 36.4 Å². The first-order chi connectivity index (χ1) is 12.0. The third kappa shape index (κ3) is 4.77. The Morgan fingerprint density at radius 1 is 1.08 bits per heavy atom. The predicted octanol–water partition coefficient (Wildman–Crippen LogP) is 4.06. The lowest BCUT2D eigenvalue weighted by atomic mass is 10.1. The molecule has 2 rings (SSSR count). The molecule has 0 radical (unpaired) electrons. The average Bonchev–Trinajstić information content (AvgIpc) is 2.48. The quantitative estimate of drug-likeness (QED) is 0.831. The van der Waals surface area contributed by atoms with Crippen molar-refractivity contribution in [3.05, 3.63) is 58.1 Å². The van der Waals surface area contributed by atoms with Crippen LogP contribution in [0.2, 0.25) is 5.02 Å². The van der Waals surface area contributed by atoms with Gasteiger partial charge in [-0.15, -0.1) is 0 Å². The fourth-order valence-corrected chi connectivity index (χ4v) is 4.16. The van der Waals surface area contributed by atoms with Crippen molar-refractivity contribution in [2.75, 3.05) is 15.9 Å². The van der Waals surface area contributed by atoms with Gasteiger partial charge >= 0.3 is 0 Å². The van der Waals surface area contributed by atoms with Crippen molar-refractivity contribution in [2.24, 2.45) is 0 Å². The Morgan fingerprint density at radius 3 is 2.15 bits per heavy atom. The van der Waals surface area contributed by atoms with Crippen molar-refractivity contribution in [1.29, 1.82) is 0 Å². The van der Waals surface area contributed by atoms with E-state index in [1.165, 1.54) is 0 Å². The lowest BCUT2D eigenvalue weighted by Gasteiger charge is -2.28. The van der Waals surface area contributed by atoms with E-state index in [0.717, 1.165) is 27.3 Å². The number of benzene rings is 2. The molecule has 0 heterocycles. The fraction of sp³-hybridized carbons (Fsp3) is 0.316. The van der Waals surface area contributed by atoms with Crippen molar-refractivity contribution in [1.82, 2.24) is 0 Å². The number of aryl methyl sites for hydroxylation is 3. The zero-order chi connectivity index (χ0) is 19.6. The number of carbonyl (C=O) groups excluding carboxylic acids is 1. The van der Waals surface area contributed by atoms with Crippen molar-refractivity contribution >= 4 is 38.9 Å². The lowest BCUT2D eigenvalue weighted by Crippen LogP contribution is -2.45. The predicted molar refractivity (Wildman–Crippen MR) is 108 cm³/mol. The normalized spacial score (nSPS) is 12.5. The summed E-state index contributed by atoms with van der Waals surface area (Å²) in [6.45, 7) is 7.24. The minimum Gasteiger partial charge on any atom is -0.324 e. The Balaban J connectivity index is 2.35. The molecule has 26 heavy (non-hydrogen) atoms. The first-order valence-corrected chi connectivity index (χ1v) is 10.4. The monoisotopic (exact) mass is 394 g/mol. The highest BCUT2D eigenvalue weighted by Crippen LogP contribution is 2.27. The maximum Gasteiger partial charge on any atom is 0.247 e. The van der Waals surface area contributed by atoms with Gasteiger partial charge in [0.2, 0.25) is 15.9 Å². The van der Waals surface area contributed by atoms with Crippen LogP contribution >= 0.6 is 11.6 Å². The second-order valence-electron chi connectivity index (χ2n) is 6.53. The maximum absolute atomic E-state index is 12.7. The highest BCUT2D eigenvalue weighted by Gasteiger charge is 2.29. The van der Waals surface area contributed by atoms with Gasteiger partial charge in [0.25, 0.3) is 0 Å². The number of amides is 1. The summed E-state index contributed by atoms with van der Waals surface area (Å²) in [7, 11) is -3.69. The molecule has 0 fully saturated rings. The number of carbonyl (C=O) groups is 1. The van der Waals surface area contributed by atoms with Crippen LogP contribution in [0.1, 0.15) is 23.6 Å². The molecule has 7 heteroatoms. The molecule has 5 nitrogen and oxygen atoms in total. The number of sulfonamides is 1. The first-order valence-electron chi connectivity index (χ1n) is 8.14. The summed E-state index contributed by atoms with van der Waals surface area (Å²) in [5, 5.41) is 3.24. The summed E-state index contributed by atoms with van der Waals surface area (Å²) >= 11 is 6.13. The number of nitrogens with zero attached hydrogens (tertiary/aromatic N) is 1. The highest BCUT2D eigenvalue weighted by atomic mass is 35.5. The van der Waals surface area contributed by atoms with E-state index in [1.54, 1.807) is 25.1 Å². The summed E-state index contributed by atoms with van der Waals surface area (Å²) in [5.74, 6) is -0.419. The molecule has 0 saturated carbocycles. The molecule has 1 atom stereocenters. The van der Waals surface area contributed by atoms with E-state index in [0.29, 0.717) is 16.4 Å². The molecule has 2 aromatic carbocycles. The third-order valence-electron chi connectivity index (χ3n) is 3.99. The van der Waals surface area contributed by atoms with Gasteiger partial charge in [0.05, 0.1) is 11.9 Å². The summed E-state index contributed by atoms with van der Waals surface area (Å²) < 4.78 is 25.8. The van der Waals surface area contributed by atoms with Crippen LogP contribution in [0.25, 0.3) is 0 Å². The van der Waals surface area contributed by atoms with Gasteiger partial charge in [-0.1, -0.05) is 23.7 Å². The molecule has 2 aromatic rings. The van der Waals surface area contributed by atoms with Crippen molar-refractivity contribution in [3.63, 3.8) is 0 Å². The van der Waals surface area contributed by atoms with Crippen LogP contribution in [0.4, 0.5) is 11.4 Å². The number of hydrogen-bond donors (Lipinski definition) is 1. The Labute approximate surface area is 160 Å². The SMILES string of the molecule is Cc1cc(C)cc(NC(=O)[C@H](C)N(c2ccc(C)c(Cl)c2)S(C)(=O)=O)c1. The van der Waals surface area contributed by atoms with Crippen LogP contribution in [-0.2, 0) is 14.8 Å². The van der Waals surface area contributed by atoms with Gasteiger partial charge in [0, 0.05) is 10.7 Å². The van der Waals surface area contributed by atoms with E-state index in [-0.39, 0.29) is 0 Å². The van der Waals surface area contributed by atoms with Gasteiger partial charge in [-0.2, -0.15) is 0 Å². The maximum atomic E-state index is 12.7. The van der Waals surface area contributed by atoms with Crippen molar-refractivity contribution in [2.45, 2.75) is 33.7 Å². The third-order valence-corrected chi connectivity index (χ3v) is 5.64. The molecule has 1 amide bonds. The van der Waals surface area contributed by atoms with E-state index < -0.39 is 22.0 Å². The zero-order valence-corrected chi connectivity index (χ0v) is 17.1. The van der Waals surface area contributed by atoms with Gasteiger partial charge in [0.1, 0.15) is 6.04 Å². The first kappa shape index (κ1) is 20.3. The second kappa shape index (κ2) is 7.68. The molecule has 0 aromatic heterocycles. The summed E-state index contributed by atoms with van der Waals surface area (Å²) in [5.41, 5.74) is 3.84. The fourth-order valence-electron chi connectivity index (χ4n) is 2.82. The van der Waals surface area contributed by atoms with Crippen LogP contribution in [-0.4, -0.2) is 26.6 Å².